The summed E-state index contributed by atoms with van der Waals surface area (Å²) in [7, 11) is 0. The molecule has 1 atom stereocenters. The van der Waals surface area contributed by atoms with E-state index in [1.54, 1.807) is 12.4 Å². The maximum atomic E-state index is 12.2. The van der Waals surface area contributed by atoms with E-state index in [1.807, 2.05) is 49.1 Å². The minimum Gasteiger partial charge on any atom is -0.335 e. The highest BCUT2D eigenvalue weighted by Gasteiger charge is 2.23. The normalized spacial score (nSPS) is 15.0. The van der Waals surface area contributed by atoms with Gasteiger partial charge in [-0.15, -0.1) is 0 Å². The van der Waals surface area contributed by atoms with Crippen LogP contribution in [0.4, 0.5) is 16.2 Å². The Morgan fingerprint density at radius 3 is 2.85 bits per heavy atom. The van der Waals surface area contributed by atoms with Gasteiger partial charge in [-0.3, -0.25) is 9.78 Å². The molecular formula is C20H24N4O2. The molecule has 2 heterocycles. The number of pyridine rings is 1. The standard InChI is InChI=1S/C20H24N4O2/c1-14-11-17(7-8-18(14)24-10-4-6-19(24)25)23-20(26)22-15(2)12-16-5-3-9-21-13-16/h3,5,7-9,11,13,15H,4,6,10,12H2,1-2H3,(H2,22,23,26)/t15-/m0/s1. The number of rotatable bonds is 5. The summed E-state index contributed by atoms with van der Waals surface area (Å²) >= 11 is 0. The second-order valence-corrected chi connectivity index (χ2v) is 6.72. The highest BCUT2D eigenvalue weighted by Crippen LogP contribution is 2.27. The van der Waals surface area contributed by atoms with Crippen LogP contribution in [0.25, 0.3) is 0 Å². The topological polar surface area (TPSA) is 74.3 Å². The van der Waals surface area contributed by atoms with Crippen LogP contribution < -0.4 is 15.5 Å². The van der Waals surface area contributed by atoms with Gasteiger partial charge in [0.25, 0.3) is 0 Å². The molecule has 2 N–H and O–H groups in total. The van der Waals surface area contributed by atoms with E-state index in [2.05, 4.69) is 15.6 Å². The Morgan fingerprint density at radius 2 is 2.19 bits per heavy atom. The molecule has 0 aliphatic carbocycles. The van der Waals surface area contributed by atoms with Crippen molar-refractivity contribution in [1.82, 2.24) is 10.3 Å². The molecule has 1 aromatic carbocycles. The number of carbonyl (C=O) groups excluding carboxylic acids is 2. The van der Waals surface area contributed by atoms with E-state index in [0.29, 0.717) is 12.1 Å². The van der Waals surface area contributed by atoms with Crippen LogP contribution >= 0.6 is 0 Å². The highest BCUT2D eigenvalue weighted by atomic mass is 16.2. The largest absolute Gasteiger partial charge is 0.335 e. The van der Waals surface area contributed by atoms with Gasteiger partial charge in [0.15, 0.2) is 0 Å². The summed E-state index contributed by atoms with van der Waals surface area (Å²) in [6, 6.07) is 9.24. The predicted molar refractivity (Wildman–Crippen MR) is 102 cm³/mol. The molecule has 3 rings (SSSR count). The third kappa shape index (κ3) is 4.39. The van der Waals surface area contributed by atoms with E-state index in [0.717, 1.165) is 36.2 Å². The van der Waals surface area contributed by atoms with E-state index in [9.17, 15) is 9.59 Å². The van der Waals surface area contributed by atoms with Crippen LogP contribution in [0.2, 0.25) is 0 Å². The second-order valence-electron chi connectivity index (χ2n) is 6.72. The van der Waals surface area contributed by atoms with Gasteiger partial charge < -0.3 is 15.5 Å². The molecule has 6 heteroatoms. The second kappa shape index (κ2) is 7.99. The zero-order chi connectivity index (χ0) is 18.5. The van der Waals surface area contributed by atoms with Gasteiger partial charge in [-0.25, -0.2) is 4.79 Å². The zero-order valence-corrected chi connectivity index (χ0v) is 15.2. The number of aromatic nitrogens is 1. The van der Waals surface area contributed by atoms with E-state index >= 15 is 0 Å². The zero-order valence-electron chi connectivity index (χ0n) is 15.2. The number of amides is 3. The molecule has 0 unspecified atom stereocenters. The highest BCUT2D eigenvalue weighted by molar-refractivity contribution is 5.96. The minimum absolute atomic E-state index is 0.0122. The van der Waals surface area contributed by atoms with E-state index < -0.39 is 0 Å². The Morgan fingerprint density at radius 1 is 1.35 bits per heavy atom. The van der Waals surface area contributed by atoms with Crippen LogP contribution in [0.5, 0.6) is 0 Å². The van der Waals surface area contributed by atoms with Crippen molar-refractivity contribution in [1.29, 1.82) is 0 Å². The molecule has 1 aromatic heterocycles. The van der Waals surface area contributed by atoms with Gasteiger partial charge in [0.1, 0.15) is 0 Å². The fourth-order valence-electron chi connectivity index (χ4n) is 3.25. The molecule has 1 fully saturated rings. The number of aryl methyl sites for hydroxylation is 1. The number of anilines is 2. The Labute approximate surface area is 153 Å². The molecule has 26 heavy (non-hydrogen) atoms. The quantitative estimate of drug-likeness (QED) is 0.867. The van der Waals surface area contributed by atoms with Gasteiger partial charge in [0.05, 0.1) is 0 Å². The summed E-state index contributed by atoms with van der Waals surface area (Å²) in [6.07, 6.45) is 5.76. The van der Waals surface area contributed by atoms with Crippen LogP contribution in [-0.2, 0) is 11.2 Å². The molecule has 136 valence electrons. The summed E-state index contributed by atoms with van der Waals surface area (Å²) in [5.41, 5.74) is 3.68. The van der Waals surface area contributed by atoms with E-state index in [-0.39, 0.29) is 18.0 Å². The van der Waals surface area contributed by atoms with Crippen LogP contribution in [0.3, 0.4) is 0 Å². The molecule has 3 amide bonds. The number of nitrogens with one attached hydrogen (secondary N) is 2. The molecule has 6 nitrogen and oxygen atoms in total. The van der Waals surface area contributed by atoms with E-state index in [4.69, 9.17) is 0 Å². The number of hydrogen-bond donors (Lipinski definition) is 2. The lowest BCUT2D eigenvalue weighted by Gasteiger charge is -2.19. The molecule has 0 saturated carbocycles. The lowest BCUT2D eigenvalue weighted by Crippen LogP contribution is -2.37. The van der Waals surface area contributed by atoms with Crippen molar-refractivity contribution in [2.24, 2.45) is 0 Å². The van der Waals surface area contributed by atoms with Crippen molar-refractivity contribution >= 4 is 23.3 Å². The summed E-state index contributed by atoms with van der Waals surface area (Å²) < 4.78 is 0. The van der Waals surface area contributed by atoms with Gasteiger partial charge in [0.2, 0.25) is 5.91 Å². The number of hydrogen-bond acceptors (Lipinski definition) is 3. The molecule has 1 saturated heterocycles. The number of benzene rings is 1. The monoisotopic (exact) mass is 352 g/mol. The Kier molecular flexibility index (Phi) is 5.51. The molecule has 0 bridgehead atoms. The van der Waals surface area contributed by atoms with Crippen LogP contribution in [0.15, 0.2) is 42.7 Å². The third-order valence-corrected chi connectivity index (χ3v) is 4.46. The summed E-state index contributed by atoms with van der Waals surface area (Å²) in [5.74, 6) is 0.163. The first-order valence-electron chi connectivity index (χ1n) is 8.90. The lowest BCUT2D eigenvalue weighted by molar-refractivity contribution is -0.117. The van der Waals surface area contributed by atoms with Crippen molar-refractivity contribution in [3.05, 3.63) is 53.9 Å². The lowest BCUT2D eigenvalue weighted by atomic mass is 10.1. The SMILES string of the molecule is Cc1cc(NC(=O)N[C@@H](C)Cc2cccnc2)ccc1N1CCCC1=O. The fraction of sp³-hybridized carbons (Fsp3) is 0.350. The van der Waals surface area contributed by atoms with Gasteiger partial charge >= 0.3 is 6.03 Å². The maximum Gasteiger partial charge on any atom is 0.319 e. The fourth-order valence-corrected chi connectivity index (χ4v) is 3.25. The third-order valence-electron chi connectivity index (χ3n) is 4.46. The smallest absolute Gasteiger partial charge is 0.319 e. The van der Waals surface area contributed by atoms with Crippen molar-refractivity contribution in [3.8, 4) is 0 Å². The minimum atomic E-state index is -0.245. The number of nitrogens with zero attached hydrogens (tertiary/aromatic N) is 2. The van der Waals surface area contributed by atoms with Gasteiger partial charge in [0, 0.05) is 42.8 Å². The Hall–Kier alpha value is -2.89. The molecule has 1 aliphatic heterocycles. The van der Waals surface area contributed by atoms with Crippen molar-refractivity contribution in [2.75, 3.05) is 16.8 Å². The Balaban J connectivity index is 1.57. The van der Waals surface area contributed by atoms with Crippen LogP contribution in [0.1, 0.15) is 30.9 Å². The average Bonchev–Trinajstić information content (AvgIpc) is 3.01. The van der Waals surface area contributed by atoms with Crippen molar-refractivity contribution < 1.29 is 9.59 Å². The first kappa shape index (κ1) is 17.9. The first-order valence-corrected chi connectivity index (χ1v) is 8.90. The first-order chi connectivity index (χ1) is 12.5. The van der Waals surface area contributed by atoms with E-state index in [1.165, 1.54) is 0 Å². The Bertz CT molecular complexity index is 792. The van der Waals surface area contributed by atoms with Crippen LogP contribution in [0, 0.1) is 6.92 Å². The number of carbonyl (C=O) groups is 2. The van der Waals surface area contributed by atoms with Crippen LogP contribution in [-0.4, -0.2) is 29.5 Å². The summed E-state index contributed by atoms with van der Waals surface area (Å²) in [6.45, 7) is 4.67. The predicted octanol–water partition coefficient (Wildman–Crippen LogP) is 3.27. The van der Waals surface area contributed by atoms with Crippen molar-refractivity contribution in [2.45, 2.75) is 39.2 Å². The summed E-state index contributed by atoms with van der Waals surface area (Å²) in [4.78, 5) is 30.0. The van der Waals surface area contributed by atoms with Gasteiger partial charge in [-0.2, -0.15) is 0 Å². The molecule has 2 aromatic rings. The molecular weight excluding hydrogens is 328 g/mol. The maximum absolute atomic E-state index is 12.2. The molecule has 1 aliphatic rings. The molecule has 0 spiro atoms. The summed E-state index contributed by atoms with van der Waals surface area (Å²) in [5, 5.41) is 5.79. The van der Waals surface area contributed by atoms with Crippen molar-refractivity contribution in [3.63, 3.8) is 0 Å². The molecule has 0 radical (unpaired) electrons. The van der Waals surface area contributed by atoms with Gasteiger partial charge in [-0.05, 0) is 62.1 Å². The number of urea groups is 1. The average molecular weight is 352 g/mol. The van der Waals surface area contributed by atoms with Gasteiger partial charge in [-0.1, -0.05) is 6.07 Å².